The fourth-order valence-electron chi connectivity index (χ4n) is 0.131. The van der Waals surface area contributed by atoms with Gasteiger partial charge >= 0.3 is 7.82 Å². The van der Waals surface area contributed by atoms with E-state index < -0.39 is 7.82 Å². The first-order valence-electron chi connectivity index (χ1n) is 1.77. The molecule has 0 bridgehead atoms. The number of rotatable bonds is 3. The van der Waals surface area contributed by atoms with Crippen molar-refractivity contribution in [2.75, 3.05) is 0 Å². The predicted molar refractivity (Wildman–Crippen MR) is 29.9 cm³/mol. The predicted octanol–water partition coefficient (Wildman–Crippen LogP) is 0.859. The number of phosphoric ester groups is 1. The summed E-state index contributed by atoms with van der Waals surface area (Å²) >= 11 is 0. The first-order chi connectivity index (χ1) is 4.06. The minimum absolute atomic E-state index is 0.356. The maximum absolute atomic E-state index is 9.82. The van der Waals surface area contributed by atoms with Crippen LogP contribution >= 0.6 is 16.3 Å². The molecule has 0 spiro atoms. The lowest BCUT2D eigenvalue weighted by Crippen LogP contribution is -1.76. The molecule has 0 amide bonds. The Bertz CT molecular complexity index is 156. The first kappa shape index (κ1) is 8.79. The Labute approximate surface area is 52.8 Å². The lowest BCUT2D eigenvalue weighted by molar-refractivity contribution is 0.259. The summed E-state index contributed by atoms with van der Waals surface area (Å²) in [5.41, 5.74) is 0. The molecule has 0 saturated heterocycles. The Hall–Kier alpha value is -0.210. The van der Waals surface area contributed by atoms with Gasteiger partial charge in [-0.05, 0) is 0 Å². The van der Waals surface area contributed by atoms with Crippen molar-refractivity contribution in [1.82, 2.24) is 0 Å². The van der Waals surface area contributed by atoms with Crippen molar-refractivity contribution >= 4 is 16.3 Å². The molecule has 0 radical (unpaired) electrons. The Morgan fingerprint density at radius 2 is 2.11 bits per heavy atom. The summed E-state index contributed by atoms with van der Waals surface area (Å²) < 4.78 is 23.1. The third-order valence-electron chi connectivity index (χ3n) is 0.320. The van der Waals surface area contributed by atoms with E-state index in [-0.39, 0.29) is 8.46 Å². The van der Waals surface area contributed by atoms with Crippen LogP contribution in [0.2, 0.25) is 0 Å². The fraction of sp³-hybridized carbons (Fsp3) is 0. The van der Waals surface area contributed by atoms with Crippen molar-refractivity contribution in [1.29, 1.82) is 0 Å². The van der Waals surface area contributed by atoms with Crippen LogP contribution in [0.1, 0.15) is 0 Å². The highest BCUT2D eigenvalue weighted by atomic mass is 31.2. The summed E-state index contributed by atoms with van der Waals surface area (Å²) in [6.45, 7) is 0. The van der Waals surface area contributed by atoms with E-state index in [0.717, 1.165) is 5.82 Å². The third kappa shape index (κ3) is 7.79. The second-order valence-electron chi connectivity index (χ2n) is 0.987. The van der Waals surface area contributed by atoms with Crippen molar-refractivity contribution in [2.45, 2.75) is 0 Å². The van der Waals surface area contributed by atoms with Crippen LogP contribution in [0.3, 0.4) is 0 Å². The van der Waals surface area contributed by atoms with Crippen LogP contribution in [0.15, 0.2) is 12.1 Å². The molecule has 0 heterocycles. The maximum Gasteiger partial charge on any atom is 0.524 e. The Balaban J connectivity index is 3.63. The van der Waals surface area contributed by atoms with Gasteiger partial charge in [0.2, 0.25) is 0 Å². The van der Waals surface area contributed by atoms with Gasteiger partial charge < -0.3 is 4.52 Å². The molecule has 0 fully saturated rings. The zero-order valence-corrected chi connectivity index (χ0v) is 5.96. The monoisotopic (exact) mass is 170 g/mol. The van der Waals surface area contributed by atoms with Gasteiger partial charge in [-0.25, -0.2) is 4.57 Å². The average Bonchev–Trinajstić information content (AvgIpc) is 1.63. The molecule has 0 aromatic carbocycles. The number of hydrogen-bond acceptors (Lipinski definition) is 3. The molecule has 0 atom stereocenters. The molecular weight excluding hydrogens is 166 g/mol. The van der Waals surface area contributed by atoms with E-state index in [2.05, 4.69) is 4.52 Å². The van der Waals surface area contributed by atoms with Crippen LogP contribution in [0.4, 0.5) is 0 Å². The summed E-state index contributed by atoms with van der Waals surface area (Å²) in [5.74, 6) is 0.930. The second kappa shape index (κ2) is 3.75. The maximum atomic E-state index is 9.82. The molecule has 0 aromatic heterocycles. The molecule has 0 aromatic rings. The number of phosphoric acid groups is 1. The van der Waals surface area contributed by atoms with Crippen LogP contribution < -0.4 is 0 Å². The van der Waals surface area contributed by atoms with Crippen LogP contribution in [-0.2, 0) is 13.7 Å². The van der Waals surface area contributed by atoms with Gasteiger partial charge in [0.25, 0.3) is 0 Å². The summed E-state index contributed by atoms with van der Waals surface area (Å²) in [6, 6.07) is 0. The quantitative estimate of drug-likeness (QED) is 0.484. The summed E-state index contributed by atoms with van der Waals surface area (Å²) in [6.07, 6.45) is 0.676. The van der Waals surface area contributed by atoms with Gasteiger partial charge in [0.05, 0.1) is 0 Å². The molecule has 0 aliphatic heterocycles. The summed E-state index contributed by atoms with van der Waals surface area (Å²) in [5, 5.41) is 0. The van der Waals surface area contributed by atoms with Crippen molar-refractivity contribution in [2.24, 2.45) is 0 Å². The minimum Gasteiger partial charge on any atom is -0.412 e. The van der Waals surface area contributed by atoms with Crippen molar-refractivity contribution in [3.63, 3.8) is 0 Å². The zero-order valence-electron chi connectivity index (χ0n) is 4.17. The largest absolute Gasteiger partial charge is 0.524 e. The lowest BCUT2D eigenvalue weighted by Gasteiger charge is -1.97. The molecule has 9 heavy (non-hydrogen) atoms. The van der Waals surface area contributed by atoms with Crippen molar-refractivity contribution in [3.8, 4) is 0 Å². The van der Waals surface area contributed by atoms with Gasteiger partial charge in [-0.2, -0.15) is 0 Å². The molecule has 0 aliphatic carbocycles. The molecule has 7 heteroatoms. The van der Waals surface area contributed by atoms with E-state index in [4.69, 9.17) is 9.79 Å². The second-order valence-corrected chi connectivity index (χ2v) is 2.69. The Morgan fingerprint density at radius 3 is 2.44 bits per heavy atom. The molecule has 0 rings (SSSR count). The van der Waals surface area contributed by atoms with Gasteiger partial charge in [-0.3, -0.25) is 14.4 Å². The highest BCUT2D eigenvalue weighted by Crippen LogP contribution is 2.36. The smallest absolute Gasteiger partial charge is 0.412 e. The normalized spacial score (nSPS) is 12.7. The fourth-order valence-corrected chi connectivity index (χ4v) is 0.557. The molecule has 0 aliphatic rings. The van der Waals surface area contributed by atoms with Crippen LogP contribution in [0.25, 0.3) is 0 Å². The van der Waals surface area contributed by atoms with Crippen molar-refractivity contribution in [3.05, 3.63) is 12.1 Å². The molecule has 2 N–H and O–H groups in total. The zero-order chi connectivity index (χ0) is 7.33. The van der Waals surface area contributed by atoms with Gasteiger partial charge in [0, 0.05) is 5.82 Å². The highest BCUT2D eigenvalue weighted by Gasteiger charge is 2.10. The van der Waals surface area contributed by atoms with E-state index in [1.54, 1.807) is 0 Å². The molecule has 0 saturated carbocycles. The number of hydrogen-bond donors (Lipinski definition) is 2. The van der Waals surface area contributed by atoms with Gasteiger partial charge in [0.15, 0.2) is 8.46 Å². The average molecular weight is 170 g/mol. The van der Waals surface area contributed by atoms with Gasteiger partial charge in [0.1, 0.15) is 6.26 Å². The highest BCUT2D eigenvalue weighted by molar-refractivity contribution is 7.46. The van der Waals surface area contributed by atoms with Crippen LogP contribution in [0, 0.1) is 0 Å². The minimum atomic E-state index is -4.43. The summed E-state index contributed by atoms with van der Waals surface area (Å²) in [4.78, 5) is 16.0. The molecule has 52 valence electrons. The molecule has 0 unspecified atom stereocenters. The molecule has 5 nitrogen and oxygen atoms in total. The van der Waals surface area contributed by atoms with Crippen LogP contribution in [-0.4, -0.2) is 9.79 Å². The topological polar surface area (TPSA) is 83.8 Å². The van der Waals surface area contributed by atoms with E-state index in [1.165, 1.54) is 0 Å². The van der Waals surface area contributed by atoms with E-state index in [9.17, 15) is 9.13 Å². The molecular formula is C2H4O5P2. The third-order valence-corrected chi connectivity index (χ3v) is 0.960. The van der Waals surface area contributed by atoms with Crippen LogP contribution in [0.5, 0.6) is 0 Å². The SMILES string of the molecule is O=PC=COP(=O)(O)O. The van der Waals surface area contributed by atoms with Gasteiger partial charge in [-0.15, -0.1) is 0 Å². The lowest BCUT2D eigenvalue weighted by atomic mass is 11.2. The Kier molecular flexibility index (Phi) is 3.66. The standard InChI is InChI=1S/C2H4O5P2/c3-8-2-1-7-9(4,5)6/h1-2H,(H2,4,5,6). The van der Waals surface area contributed by atoms with E-state index >= 15 is 0 Å². The summed E-state index contributed by atoms with van der Waals surface area (Å²) in [7, 11) is -4.78. The van der Waals surface area contributed by atoms with E-state index in [1.807, 2.05) is 0 Å². The Morgan fingerprint density at radius 1 is 1.56 bits per heavy atom. The van der Waals surface area contributed by atoms with E-state index in [0.29, 0.717) is 6.26 Å². The van der Waals surface area contributed by atoms with Gasteiger partial charge in [-0.1, -0.05) is 0 Å². The first-order valence-corrected chi connectivity index (χ1v) is 4.19. The van der Waals surface area contributed by atoms with Crippen molar-refractivity contribution < 1.29 is 23.4 Å².